The van der Waals surface area contributed by atoms with Crippen LogP contribution in [0.2, 0.25) is 0 Å². The van der Waals surface area contributed by atoms with Gasteiger partial charge in [0.25, 0.3) is 0 Å². The molecule has 1 amide bonds. The van der Waals surface area contributed by atoms with E-state index in [9.17, 15) is 4.79 Å². The largest absolute Gasteiger partial charge is 0.353 e. The molecule has 0 aliphatic rings. The number of hydrogen-bond donors (Lipinski definition) is 2. The topological polar surface area (TPSA) is 54.0 Å². The zero-order chi connectivity index (χ0) is 15.4. The lowest BCUT2D eigenvalue weighted by atomic mass is 10.1. The van der Waals surface area contributed by atoms with Crippen LogP contribution in [0.5, 0.6) is 0 Å². The molecule has 0 saturated carbocycles. The number of pyridine rings is 1. The van der Waals surface area contributed by atoms with E-state index >= 15 is 0 Å². The van der Waals surface area contributed by atoms with Crippen LogP contribution < -0.4 is 10.6 Å². The highest BCUT2D eigenvalue weighted by Gasteiger charge is 2.13. The van der Waals surface area contributed by atoms with Gasteiger partial charge in [-0.25, -0.2) is 0 Å². The minimum atomic E-state index is -0.241. The SMILES string of the molecule is CC(C)NC(=O)C(C)NCc1ccc(Br)c2cccnc12. The Hall–Kier alpha value is -1.46. The molecule has 0 fully saturated rings. The molecule has 2 rings (SSSR count). The van der Waals surface area contributed by atoms with Gasteiger partial charge in [0.2, 0.25) is 5.91 Å². The zero-order valence-corrected chi connectivity index (χ0v) is 14.1. The van der Waals surface area contributed by atoms with Crippen molar-refractivity contribution in [2.24, 2.45) is 0 Å². The monoisotopic (exact) mass is 349 g/mol. The van der Waals surface area contributed by atoms with Crippen LogP contribution in [-0.4, -0.2) is 23.0 Å². The smallest absolute Gasteiger partial charge is 0.237 e. The number of hydrogen-bond acceptors (Lipinski definition) is 3. The number of benzene rings is 1. The third-order valence-corrected chi connectivity index (χ3v) is 3.91. The third kappa shape index (κ3) is 4.02. The number of carbonyl (C=O) groups is 1. The first-order chi connectivity index (χ1) is 9.99. The number of nitrogens with one attached hydrogen (secondary N) is 2. The second-order valence-corrected chi connectivity index (χ2v) is 6.23. The van der Waals surface area contributed by atoms with Crippen molar-refractivity contribution in [3.8, 4) is 0 Å². The molecule has 1 heterocycles. The van der Waals surface area contributed by atoms with Gasteiger partial charge in [0.05, 0.1) is 11.6 Å². The van der Waals surface area contributed by atoms with E-state index in [2.05, 4.69) is 31.5 Å². The summed E-state index contributed by atoms with van der Waals surface area (Å²) in [7, 11) is 0. The maximum atomic E-state index is 11.9. The van der Waals surface area contributed by atoms with Crippen LogP contribution in [-0.2, 0) is 11.3 Å². The Morgan fingerprint density at radius 1 is 1.29 bits per heavy atom. The van der Waals surface area contributed by atoms with Crippen molar-refractivity contribution in [3.05, 3.63) is 40.5 Å². The molecule has 4 nitrogen and oxygen atoms in total. The predicted molar refractivity (Wildman–Crippen MR) is 89.0 cm³/mol. The lowest BCUT2D eigenvalue weighted by Crippen LogP contribution is -2.44. The maximum absolute atomic E-state index is 11.9. The van der Waals surface area contributed by atoms with Crippen molar-refractivity contribution in [1.82, 2.24) is 15.6 Å². The van der Waals surface area contributed by atoms with Gasteiger partial charge in [-0.15, -0.1) is 0 Å². The quantitative estimate of drug-likeness (QED) is 0.872. The first kappa shape index (κ1) is 15.9. The highest BCUT2D eigenvalue weighted by atomic mass is 79.9. The summed E-state index contributed by atoms with van der Waals surface area (Å²) >= 11 is 3.54. The summed E-state index contributed by atoms with van der Waals surface area (Å²) in [5.74, 6) is 0.0133. The van der Waals surface area contributed by atoms with E-state index in [1.54, 1.807) is 6.20 Å². The molecule has 1 atom stereocenters. The van der Waals surface area contributed by atoms with Gasteiger partial charge < -0.3 is 10.6 Å². The summed E-state index contributed by atoms with van der Waals surface area (Å²) in [5.41, 5.74) is 2.04. The molecule has 1 aromatic carbocycles. The second kappa shape index (κ2) is 7.00. The van der Waals surface area contributed by atoms with Crippen LogP contribution in [0.15, 0.2) is 34.9 Å². The van der Waals surface area contributed by atoms with Gasteiger partial charge in [-0.3, -0.25) is 9.78 Å². The molecule has 0 radical (unpaired) electrons. The van der Waals surface area contributed by atoms with Crippen molar-refractivity contribution in [3.63, 3.8) is 0 Å². The van der Waals surface area contributed by atoms with E-state index in [-0.39, 0.29) is 18.0 Å². The number of aromatic nitrogens is 1. The second-order valence-electron chi connectivity index (χ2n) is 5.37. The molecule has 2 aromatic rings. The molecule has 0 spiro atoms. The fourth-order valence-corrected chi connectivity index (χ4v) is 2.56. The van der Waals surface area contributed by atoms with Crippen molar-refractivity contribution in [1.29, 1.82) is 0 Å². The summed E-state index contributed by atoms with van der Waals surface area (Å²) in [5, 5.41) is 7.23. The molecule has 0 bridgehead atoms. The van der Waals surface area contributed by atoms with E-state index in [0.717, 1.165) is 20.9 Å². The van der Waals surface area contributed by atoms with Crippen LogP contribution in [0.3, 0.4) is 0 Å². The average Bonchev–Trinajstić information content (AvgIpc) is 2.46. The maximum Gasteiger partial charge on any atom is 0.237 e. The summed E-state index contributed by atoms with van der Waals surface area (Å²) in [4.78, 5) is 16.3. The van der Waals surface area contributed by atoms with E-state index in [0.29, 0.717) is 6.54 Å². The van der Waals surface area contributed by atoms with Gasteiger partial charge in [-0.05, 0) is 38.5 Å². The van der Waals surface area contributed by atoms with Crippen molar-refractivity contribution >= 4 is 32.7 Å². The predicted octanol–water partition coefficient (Wildman–Crippen LogP) is 3.00. The number of amides is 1. The minimum Gasteiger partial charge on any atom is -0.353 e. The fourth-order valence-electron chi connectivity index (χ4n) is 2.10. The molecule has 112 valence electrons. The van der Waals surface area contributed by atoms with Crippen LogP contribution in [0.4, 0.5) is 0 Å². The molecule has 5 heteroatoms. The summed E-state index contributed by atoms with van der Waals surface area (Å²) in [6, 6.07) is 7.90. The van der Waals surface area contributed by atoms with Crippen molar-refractivity contribution in [2.75, 3.05) is 0 Å². The lowest BCUT2D eigenvalue weighted by Gasteiger charge is -2.16. The van der Waals surface area contributed by atoms with Gasteiger partial charge in [0, 0.05) is 28.6 Å². The summed E-state index contributed by atoms with van der Waals surface area (Å²) < 4.78 is 1.03. The molecule has 21 heavy (non-hydrogen) atoms. The number of rotatable bonds is 5. The minimum absolute atomic E-state index is 0.0133. The molecule has 0 saturated heterocycles. The number of nitrogens with zero attached hydrogens (tertiary/aromatic N) is 1. The fraction of sp³-hybridized carbons (Fsp3) is 0.375. The highest BCUT2D eigenvalue weighted by molar-refractivity contribution is 9.10. The van der Waals surface area contributed by atoms with E-state index in [1.165, 1.54) is 0 Å². The Bertz CT molecular complexity index is 642. The van der Waals surface area contributed by atoms with E-state index in [4.69, 9.17) is 0 Å². The van der Waals surface area contributed by atoms with Gasteiger partial charge >= 0.3 is 0 Å². The number of fused-ring (bicyclic) bond motifs is 1. The lowest BCUT2D eigenvalue weighted by molar-refractivity contribution is -0.123. The molecule has 1 aromatic heterocycles. The molecule has 0 aliphatic heterocycles. The summed E-state index contributed by atoms with van der Waals surface area (Å²) in [6.07, 6.45) is 1.78. The Balaban J connectivity index is 2.11. The van der Waals surface area contributed by atoms with E-state index in [1.807, 2.05) is 45.0 Å². The summed E-state index contributed by atoms with van der Waals surface area (Å²) in [6.45, 7) is 6.38. The van der Waals surface area contributed by atoms with Crippen LogP contribution >= 0.6 is 15.9 Å². The van der Waals surface area contributed by atoms with Crippen LogP contribution in [0, 0.1) is 0 Å². The average molecular weight is 350 g/mol. The molecule has 0 aliphatic carbocycles. The molecular formula is C16H20BrN3O. The third-order valence-electron chi connectivity index (χ3n) is 3.22. The van der Waals surface area contributed by atoms with Crippen molar-refractivity contribution < 1.29 is 4.79 Å². The molecule has 2 N–H and O–H groups in total. The Labute approximate surface area is 133 Å². The van der Waals surface area contributed by atoms with Gasteiger partial charge in [-0.2, -0.15) is 0 Å². The van der Waals surface area contributed by atoms with Crippen molar-refractivity contribution in [2.45, 2.75) is 39.4 Å². The number of halogens is 1. The van der Waals surface area contributed by atoms with Crippen LogP contribution in [0.25, 0.3) is 10.9 Å². The van der Waals surface area contributed by atoms with Crippen LogP contribution in [0.1, 0.15) is 26.3 Å². The van der Waals surface area contributed by atoms with Gasteiger partial charge in [0.15, 0.2) is 0 Å². The Morgan fingerprint density at radius 2 is 2.05 bits per heavy atom. The Kier molecular flexibility index (Phi) is 5.31. The molecular weight excluding hydrogens is 330 g/mol. The highest BCUT2D eigenvalue weighted by Crippen LogP contribution is 2.25. The van der Waals surface area contributed by atoms with E-state index < -0.39 is 0 Å². The standard InChI is InChI=1S/C16H20BrN3O/c1-10(2)20-16(21)11(3)19-9-12-6-7-14(17)13-5-4-8-18-15(12)13/h4-8,10-11,19H,9H2,1-3H3,(H,20,21). The zero-order valence-electron chi connectivity index (χ0n) is 12.5. The first-order valence-electron chi connectivity index (χ1n) is 7.05. The van der Waals surface area contributed by atoms with Gasteiger partial charge in [-0.1, -0.05) is 28.1 Å². The molecule has 1 unspecified atom stereocenters. The number of carbonyl (C=O) groups excluding carboxylic acids is 1. The normalized spacial score (nSPS) is 12.6. The van der Waals surface area contributed by atoms with Gasteiger partial charge in [0.1, 0.15) is 0 Å². The Morgan fingerprint density at radius 3 is 2.76 bits per heavy atom. The first-order valence-corrected chi connectivity index (χ1v) is 7.84.